The third-order valence-electron chi connectivity index (χ3n) is 8.68. The molecular formula is C32H52N2O6. The van der Waals surface area contributed by atoms with Gasteiger partial charge in [0.15, 0.2) is 0 Å². The van der Waals surface area contributed by atoms with E-state index in [0.29, 0.717) is 45.2 Å². The summed E-state index contributed by atoms with van der Waals surface area (Å²) in [5, 5.41) is 9.17. The first-order chi connectivity index (χ1) is 18.8. The lowest BCUT2D eigenvalue weighted by atomic mass is 9.70. The minimum atomic E-state index is -1.04. The molecule has 0 aliphatic carbocycles. The number of likely N-dealkylation sites (tertiary alicyclic amines) is 1. The zero-order valence-electron chi connectivity index (χ0n) is 25.5. The molecule has 8 nitrogen and oxygen atoms in total. The molecule has 3 aliphatic heterocycles. The topological polar surface area (TPSA) is 96.4 Å². The first-order valence-corrected chi connectivity index (χ1v) is 15.1. The van der Waals surface area contributed by atoms with Crippen LogP contribution in [0, 0.1) is 17.3 Å². The number of carbonyl (C=O) groups is 3. The van der Waals surface area contributed by atoms with Gasteiger partial charge in [0.05, 0.1) is 24.5 Å². The van der Waals surface area contributed by atoms with E-state index in [1.165, 1.54) is 0 Å². The van der Waals surface area contributed by atoms with E-state index in [-0.39, 0.29) is 30.4 Å². The summed E-state index contributed by atoms with van der Waals surface area (Å²) in [6.07, 6.45) is 9.60. The van der Waals surface area contributed by atoms with Crippen LogP contribution in [-0.4, -0.2) is 82.3 Å². The van der Waals surface area contributed by atoms with Gasteiger partial charge in [-0.3, -0.25) is 14.4 Å². The number of hydrogen-bond acceptors (Lipinski definition) is 6. The summed E-state index contributed by atoms with van der Waals surface area (Å²) in [7, 11) is 0. The summed E-state index contributed by atoms with van der Waals surface area (Å²) in [6, 6.07) is -0.800. The van der Waals surface area contributed by atoms with E-state index in [9.17, 15) is 14.4 Å². The average Bonchev–Trinajstić information content (AvgIpc) is 3.50. The molecule has 0 saturated carbocycles. The highest BCUT2D eigenvalue weighted by atomic mass is 16.6. The second-order valence-corrected chi connectivity index (χ2v) is 13.6. The van der Waals surface area contributed by atoms with Gasteiger partial charge in [0.25, 0.3) is 0 Å². The molecule has 226 valence electrons. The molecule has 0 aromatic rings. The van der Waals surface area contributed by atoms with Crippen molar-refractivity contribution < 1.29 is 29.0 Å². The number of allylic oxidation sites excluding steroid dienone is 1. The second kappa shape index (κ2) is 13.2. The van der Waals surface area contributed by atoms with E-state index in [1.807, 2.05) is 4.90 Å². The van der Waals surface area contributed by atoms with Crippen LogP contribution in [0.25, 0.3) is 0 Å². The van der Waals surface area contributed by atoms with Crippen molar-refractivity contribution in [1.82, 2.24) is 9.80 Å². The Hall–Kier alpha value is -2.19. The molecule has 1 spiro atoms. The molecule has 3 saturated heterocycles. The summed E-state index contributed by atoms with van der Waals surface area (Å²) in [5.41, 5.74) is -1.55. The van der Waals surface area contributed by atoms with Crippen LogP contribution in [0.5, 0.6) is 0 Å². The fourth-order valence-electron chi connectivity index (χ4n) is 7.49. The van der Waals surface area contributed by atoms with Gasteiger partial charge < -0.3 is 24.4 Å². The van der Waals surface area contributed by atoms with Gasteiger partial charge in [-0.25, -0.2) is 0 Å². The van der Waals surface area contributed by atoms with Crippen molar-refractivity contribution in [2.24, 2.45) is 17.3 Å². The highest BCUT2D eigenvalue weighted by Crippen LogP contribution is 2.59. The van der Waals surface area contributed by atoms with E-state index in [4.69, 9.17) is 14.6 Å². The van der Waals surface area contributed by atoms with Gasteiger partial charge in [0, 0.05) is 25.2 Å². The van der Waals surface area contributed by atoms with Crippen molar-refractivity contribution in [2.45, 2.75) is 116 Å². The molecule has 1 N–H and O–H groups in total. The van der Waals surface area contributed by atoms with Gasteiger partial charge in [0.2, 0.25) is 11.8 Å². The number of carbonyl (C=O) groups excluding carboxylic acids is 3. The minimum absolute atomic E-state index is 0.0231. The standard InChI is InChI=1S/C32H52N2O6/c1-8-10-15-21-39-29(38)24-23-16-17-32(40-23)25(24)27(36)33(19-13-11-12-14-20-35)26(32)28(37)34(18-9-2)31(6,7)22-30(3,4)5/h8-9,23-26,35H,1-2,10-22H2,3-7H3/t23-,24+,25+,26?,32?/m1/s1. The molecule has 3 aliphatic rings. The number of aliphatic hydroxyl groups is 1. The monoisotopic (exact) mass is 560 g/mol. The number of hydrogen-bond donors (Lipinski definition) is 1. The number of esters is 1. The number of unbranched alkanes of at least 4 members (excludes halogenated alkanes) is 4. The van der Waals surface area contributed by atoms with Crippen LogP contribution in [0.15, 0.2) is 25.3 Å². The van der Waals surface area contributed by atoms with Crippen molar-refractivity contribution in [3.05, 3.63) is 25.3 Å². The Morgan fingerprint density at radius 2 is 1.82 bits per heavy atom. The summed E-state index contributed by atoms with van der Waals surface area (Å²) in [6.45, 7) is 19.4. The molecule has 2 amide bonds. The number of aliphatic hydroxyl groups excluding tert-OH is 1. The zero-order valence-corrected chi connectivity index (χ0v) is 25.5. The lowest BCUT2D eigenvalue weighted by Gasteiger charge is -2.45. The van der Waals surface area contributed by atoms with Crippen LogP contribution in [0.2, 0.25) is 0 Å². The maximum absolute atomic E-state index is 14.7. The van der Waals surface area contributed by atoms with E-state index in [1.54, 1.807) is 17.1 Å². The number of ether oxygens (including phenoxy) is 2. The first kappa shape index (κ1) is 32.3. The summed E-state index contributed by atoms with van der Waals surface area (Å²) in [4.78, 5) is 45.7. The second-order valence-electron chi connectivity index (χ2n) is 13.6. The molecule has 3 fully saturated rings. The average molecular weight is 561 g/mol. The summed E-state index contributed by atoms with van der Waals surface area (Å²) >= 11 is 0. The van der Waals surface area contributed by atoms with Crippen molar-refractivity contribution >= 4 is 17.8 Å². The van der Waals surface area contributed by atoms with Crippen LogP contribution < -0.4 is 0 Å². The number of amides is 2. The van der Waals surface area contributed by atoms with Crippen molar-refractivity contribution in [3.8, 4) is 0 Å². The fraction of sp³-hybridized carbons (Fsp3) is 0.781. The van der Waals surface area contributed by atoms with E-state index in [2.05, 4.69) is 47.8 Å². The van der Waals surface area contributed by atoms with Crippen molar-refractivity contribution in [2.75, 3.05) is 26.3 Å². The van der Waals surface area contributed by atoms with Crippen LogP contribution in [0.1, 0.15) is 92.4 Å². The molecule has 8 heteroatoms. The number of rotatable bonds is 16. The van der Waals surface area contributed by atoms with Crippen molar-refractivity contribution in [3.63, 3.8) is 0 Å². The SMILES string of the molecule is C=CCCCOC(=O)[C@@H]1[C@H]2C(=O)N(CCCCCCO)C(C(=O)N(CC=C)C(C)(C)CC(C)(C)C)C23CC[C@H]1O3. The maximum Gasteiger partial charge on any atom is 0.312 e. The Kier molecular flexibility index (Phi) is 10.7. The molecule has 2 unspecified atom stereocenters. The molecule has 5 atom stereocenters. The van der Waals surface area contributed by atoms with Gasteiger partial charge in [-0.05, 0) is 64.2 Å². The summed E-state index contributed by atoms with van der Waals surface area (Å²) < 4.78 is 12.2. The Labute approximate surface area is 241 Å². The van der Waals surface area contributed by atoms with Gasteiger partial charge in [-0.2, -0.15) is 0 Å². The van der Waals surface area contributed by atoms with E-state index in [0.717, 1.165) is 25.7 Å². The quantitative estimate of drug-likeness (QED) is 0.168. The third-order valence-corrected chi connectivity index (χ3v) is 8.68. The highest BCUT2D eigenvalue weighted by Gasteiger charge is 2.75. The largest absolute Gasteiger partial charge is 0.465 e. The Bertz CT molecular complexity index is 940. The Morgan fingerprint density at radius 1 is 1.12 bits per heavy atom. The van der Waals surface area contributed by atoms with Crippen LogP contribution in [0.3, 0.4) is 0 Å². The van der Waals surface area contributed by atoms with Crippen LogP contribution in [-0.2, 0) is 23.9 Å². The maximum atomic E-state index is 14.7. The zero-order chi connectivity index (χ0) is 29.7. The predicted octanol–water partition coefficient (Wildman–Crippen LogP) is 4.65. The fourth-order valence-corrected chi connectivity index (χ4v) is 7.49. The molecule has 0 radical (unpaired) electrons. The van der Waals surface area contributed by atoms with Crippen molar-refractivity contribution in [1.29, 1.82) is 0 Å². The van der Waals surface area contributed by atoms with E-state index >= 15 is 0 Å². The normalized spacial score (nSPS) is 27.6. The molecule has 3 heterocycles. The first-order valence-electron chi connectivity index (χ1n) is 15.1. The van der Waals surface area contributed by atoms with Crippen LogP contribution >= 0.6 is 0 Å². The molecule has 0 aromatic carbocycles. The predicted molar refractivity (Wildman–Crippen MR) is 155 cm³/mol. The Morgan fingerprint density at radius 3 is 2.45 bits per heavy atom. The molecule has 3 rings (SSSR count). The smallest absolute Gasteiger partial charge is 0.312 e. The molecular weight excluding hydrogens is 508 g/mol. The third kappa shape index (κ3) is 6.64. The summed E-state index contributed by atoms with van der Waals surface area (Å²) in [5.74, 6) is -2.14. The molecule has 0 aromatic heterocycles. The minimum Gasteiger partial charge on any atom is -0.465 e. The lowest BCUT2D eigenvalue weighted by molar-refractivity contribution is -0.156. The van der Waals surface area contributed by atoms with Crippen LogP contribution in [0.4, 0.5) is 0 Å². The van der Waals surface area contributed by atoms with Gasteiger partial charge in [-0.15, -0.1) is 13.2 Å². The van der Waals surface area contributed by atoms with Gasteiger partial charge >= 0.3 is 5.97 Å². The molecule has 2 bridgehead atoms. The Balaban J connectivity index is 1.95. The lowest BCUT2D eigenvalue weighted by Crippen LogP contribution is -2.61. The van der Waals surface area contributed by atoms with Gasteiger partial charge in [0.1, 0.15) is 11.6 Å². The number of fused-ring (bicyclic) bond motifs is 1. The highest BCUT2D eigenvalue weighted by molar-refractivity contribution is 5.98. The number of nitrogens with zero attached hydrogens (tertiary/aromatic N) is 2. The van der Waals surface area contributed by atoms with E-state index < -0.39 is 41.1 Å². The van der Waals surface area contributed by atoms with Gasteiger partial charge in [-0.1, -0.05) is 45.8 Å². The molecule has 40 heavy (non-hydrogen) atoms.